The van der Waals surface area contributed by atoms with Crippen molar-refractivity contribution in [2.24, 2.45) is 0 Å². The van der Waals surface area contributed by atoms with E-state index >= 15 is 0 Å². The van der Waals surface area contributed by atoms with Gasteiger partial charge in [0, 0.05) is 44.1 Å². The minimum atomic E-state index is -0.536. The van der Waals surface area contributed by atoms with E-state index in [9.17, 15) is 9.59 Å². The zero-order valence-electron chi connectivity index (χ0n) is 17.9. The Morgan fingerprint density at radius 2 is 1.81 bits per heavy atom. The second-order valence-corrected chi connectivity index (χ2v) is 7.93. The van der Waals surface area contributed by atoms with E-state index in [4.69, 9.17) is 4.74 Å². The van der Waals surface area contributed by atoms with Crippen LogP contribution in [-0.2, 0) is 9.53 Å². The van der Waals surface area contributed by atoms with Crippen LogP contribution in [0.3, 0.4) is 0 Å². The molecule has 0 saturated carbocycles. The van der Waals surface area contributed by atoms with Gasteiger partial charge in [-0.15, -0.1) is 0 Å². The highest BCUT2D eigenvalue weighted by molar-refractivity contribution is 5.95. The maximum atomic E-state index is 12.7. The average molecular weight is 421 g/mol. The number of anilines is 1. The Balaban J connectivity index is 1.53. The summed E-state index contributed by atoms with van der Waals surface area (Å²) in [5.74, 6) is -0.435. The molecule has 2 N–H and O–H groups in total. The molecule has 2 heterocycles. The number of benzene rings is 2. The van der Waals surface area contributed by atoms with Gasteiger partial charge < -0.3 is 20.3 Å². The van der Waals surface area contributed by atoms with Gasteiger partial charge in [0.1, 0.15) is 0 Å². The van der Waals surface area contributed by atoms with Crippen molar-refractivity contribution >= 4 is 17.7 Å². The largest absolute Gasteiger partial charge is 0.466 e. The fraction of sp³-hybridized carbons (Fsp3) is 0.333. The number of hydrogen-bond acceptors (Lipinski definition) is 5. The van der Waals surface area contributed by atoms with Crippen LogP contribution < -0.4 is 15.5 Å². The smallest absolute Gasteiger partial charge is 0.338 e. The van der Waals surface area contributed by atoms with E-state index in [0.717, 1.165) is 31.7 Å². The van der Waals surface area contributed by atoms with Crippen LogP contribution in [0.4, 0.5) is 10.5 Å². The van der Waals surface area contributed by atoms with Gasteiger partial charge in [-0.1, -0.05) is 42.5 Å². The monoisotopic (exact) mass is 420 g/mol. The topological polar surface area (TPSA) is 73.9 Å². The molecule has 1 saturated heterocycles. The van der Waals surface area contributed by atoms with E-state index in [0.29, 0.717) is 17.8 Å². The molecule has 2 amide bonds. The molecule has 0 radical (unpaired) electrons. The molecule has 1 unspecified atom stereocenters. The van der Waals surface area contributed by atoms with Crippen LogP contribution in [0.15, 0.2) is 65.9 Å². The second-order valence-electron chi connectivity index (χ2n) is 7.93. The first-order valence-electron chi connectivity index (χ1n) is 10.5. The lowest BCUT2D eigenvalue weighted by Gasteiger charge is -2.38. The minimum absolute atomic E-state index is 0.310. The molecule has 0 spiro atoms. The molecule has 0 bridgehead atoms. The van der Waals surface area contributed by atoms with Crippen LogP contribution in [0.5, 0.6) is 0 Å². The number of urea groups is 1. The molecule has 7 heteroatoms. The maximum absolute atomic E-state index is 12.7. The fourth-order valence-electron chi connectivity index (χ4n) is 4.20. The van der Waals surface area contributed by atoms with Crippen molar-refractivity contribution in [3.8, 4) is 0 Å². The van der Waals surface area contributed by atoms with Crippen LogP contribution in [0.2, 0.25) is 0 Å². The number of hydrogen-bond donors (Lipinski definition) is 2. The predicted molar refractivity (Wildman–Crippen MR) is 120 cm³/mol. The highest BCUT2D eigenvalue weighted by Gasteiger charge is 2.34. The van der Waals surface area contributed by atoms with Crippen LogP contribution in [0.1, 0.15) is 17.2 Å². The third-order valence-corrected chi connectivity index (χ3v) is 5.81. The molecule has 2 aliphatic rings. The average Bonchev–Trinajstić information content (AvgIpc) is 2.79. The highest BCUT2D eigenvalue weighted by atomic mass is 16.5. The van der Waals surface area contributed by atoms with Crippen molar-refractivity contribution in [3.05, 3.63) is 77.0 Å². The molecule has 2 aromatic carbocycles. The third kappa shape index (κ3) is 4.72. The summed E-state index contributed by atoms with van der Waals surface area (Å²) in [6.07, 6.45) is 0. The second kappa shape index (κ2) is 9.22. The zero-order valence-corrected chi connectivity index (χ0v) is 17.9. The summed E-state index contributed by atoms with van der Waals surface area (Å²) in [5, 5.41) is 5.72. The highest BCUT2D eigenvalue weighted by Crippen LogP contribution is 2.28. The molecule has 2 aromatic rings. The number of nitrogens with zero attached hydrogens (tertiary/aromatic N) is 2. The van der Waals surface area contributed by atoms with Crippen LogP contribution in [-0.4, -0.2) is 56.7 Å². The lowest BCUT2D eigenvalue weighted by molar-refractivity contribution is -0.136. The quantitative estimate of drug-likeness (QED) is 0.728. The van der Waals surface area contributed by atoms with Gasteiger partial charge in [0.15, 0.2) is 0 Å². The van der Waals surface area contributed by atoms with Gasteiger partial charge in [-0.05, 0) is 30.2 Å². The van der Waals surface area contributed by atoms with Crippen LogP contribution in [0.25, 0.3) is 0 Å². The van der Waals surface area contributed by atoms with Gasteiger partial charge in [-0.2, -0.15) is 0 Å². The van der Waals surface area contributed by atoms with E-state index < -0.39 is 12.0 Å². The van der Waals surface area contributed by atoms with Crippen LogP contribution >= 0.6 is 0 Å². The van der Waals surface area contributed by atoms with Crippen molar-refractivity contribution < 1.29 is 14.3 Å². The molecular weight excluding hydrogens is 392 g/mol. The summed E-state index contributed by atoms with van der Waals surface area (Å²) in [7, 11) is 1.37. The first-order chi connectivity index (χ1) is 15.0. The van der Waals surface area contributed by atoms with Gasteiger partial charge in [-0.25, -0.2) is 9.59 Å². The number of aryl methyl sites for hydroxylation is 1. The van der Waals surface area contributed by atoms with E-state index in [2.05, 4.69) is 51.6 Å². The zero-order chi connectivity index (χ0) is 21.8. The van der Waals surface area contributed by atoms with Crippen molar-refractivity contribution in [1.29, 1.82) is 0 Å². The Bertz CT molecular complexity index is 981. The third-order valence-electron chi connectivity index (χ3n) is 5.81. The number of methoxy groups -OCH3 is 1. The molecule has 31 heavy (non-hydrogen) atoms. The fourth-order valence-corrected chi connectivity index (χ4v) is 4.20. The lowest BCUT2D eigenvalue weighted by atomic mass is 9.95. The molecule has 0 aliphatic carbocycles. The van der Waals surface area contributed by atoms with E-state index in [1.165, 1.54) is 18.4 Å². The number of carbonyl (C=O) groups excluding carboxylic acids is 2. The molecule has 2 aliphatic heterocycles. The first-order valence-corrected chi connectivity index (χ1v) is 10.5. The Morgan fingerprint density at radius 1 is 1.06 bits per heavy atom. The van der Waals surface area contributed by atoms with Gasteiger partial charge in [0.25, 0.3) is 0 Å². The lowest BCUT2D eigenvalue weighted by Crippen LogP contribution is -2.51. The molecule has 0 aromatic heterocycles. The summed E-state index contributed by atoms with van der Waals surface area (Å²) in [5.41, 5.74) is 4.38. The normalized spacial score (nSPS) is 19.6. The Labute approximate surface area is 182 Å². The molecule has 1 fully saturated rings. The number of rotatable bonds is 5. The molecule has 7 nitrogen and oxygen atoms in total. The number of nitrogens with one attached hydrogen (secondary N) is 2. The Kier molecular flexibility index (Phi) is 6.23. The number of ether oxygens (including phenoxy) is 1. The standard InChI is InChI=1S/C24H28N4O3/c1-17-7-6-10-19(15-17)28-13-11-27(12-14-28)16-20-21(23(29)31-2)22(26-24(30)25-20)18-8-4-3-5-9-18/h3-10,15,22H,11-14,16H2,1-2H3,(H2,25,26,30). The summed E-state index contributed by atoms with van der Waals surface area (Å²) in [6.45, 7) is 6.04. The molecule has 1 atom stereocenters. The van der Waals surface area contributed by atoms with Gasteiger partial charge in [0.05, 0.1) is 18.7 Å². The number of carbonyl (C=O) groups is 2. The molecule has 162 valence electrons. The Hall–Kier alpha value is -3.32. The summed E-state index contributed by atoms with van der Waals surface area (Å²) in [6, 6.07) is 17.2. The minimum Gasteiger partial charge on any atom is -0.466 e. The number of esters is 1. The van der Waals surface area contributed by atoms with E-state index in [1.54, 1.807) is 0 Å². The molecule has 4 rings (SSSR count). The summed E-state index contributed by atoms with van der Waals surface area (Å²) < 4.78 is 5.07. The maximum Gasteiger partial charge on any atom is 0.338 e. The Morgan fingerprint density at radius 3 is 2.48 bits per heavy atom. The van der Waals surface area contributed by atoms with E-state index in [-0.39, 0.29) is 6.03 Å². The summed E-state index contributed by atoms with van der Waals surface area (Å²) >= 11 is 0. The predicted octanol–water partition coefficient (Wildman–Crippen LogP) is 2.60. The van der Waals surface area contributed by atoms with Crippen LogP contribution in [0, 0.1) is 6.92 Å². The van der Waals surface area contributed by atoms with Gasteiger partial charge in [0.2, 0.25) is 0 Å². The SMILES string of the molecule is COC(=O)C1=C(CN2CCN(c3cccc(C)c3)CC2)NC(=O)NC1c1ccccc1. The summed E-state index contributed by atoms with van der Waals surface area (Å²) in [4.78, 5) is 29.7. The van der Waals surface area contributed by atoms with Crippen molar-refractivity contribution in [2.75, 3.05) is 44.7 Å². The number of amides is 2. The van der Waals surface area contributed by atoms with Gasteiger partial charge in [-0.3, -0.25) is 4.90 Å². The number of piperazine rings is 1. The first kappa shape index (κ1) is 20.9. The molecular formula is C24H28N4O3. The van der Waals surface area contributed by atoms with Crippen molar-refractivity contribution in [2.45, 2.75) is 13.0 Å². The van der Waals surface area contributed by atoms with Crippen molar-refractivity contribution in [3.63, 3.8) is 0 Å². The van der Waals surface area contributed by atoms with E-state index in [1.807, 2.05) is 30.3 Å². The van der Waals surface area contributed by atoms with Gasteiger partial charge >= 0.3 is 12.0 Å². The van der Waals surface area contributed by atoms with Crippen molar-refractivity contribution in [1.82, 2.24) is 15.5 Å².